The lowest BCUT2D eigenvalue weighted by molar-refractivity contribution is 0.606. The molecule has 8 heteroatoms. The molecule has 2 heterocycles. The molecule has 0 unspecified atom stereocenters. The average molecular weight is 488 g/mol. The van der Waals surface area contributed by atoms with E-state index in [-0.39, 0.29) is 0 Å². The molecular formula is C24H29N3O2S3. The number of fused-ring (bicyclic) bond motifs is 3. The highest BCUT2D eigenvalue weighted by Crippen LogP contribution is 2.40. The summed E-state index contributed by atoms with van der Waals surface area (Å²) >= 11 is 3.71. The number of thioether (sulfide) groups is 1. The van der Waals surface area contributed by atoms with Gasteiger partial charge in [0.2, 0.25) is 10.0 Å². The summed E-state index contributed by atoms with van der Waals surface area (Å²) in [5.41, 5.74) is 4.17. The van der Waals surface area contributed by atoms with E-state index in [2.05, 4.69) is 34.3 Å². The number of nitrogens with one attached hydrogen (secondary N) is 2. The number of benzene rings is 2. The van der Waals surface area contributed by atoms with E-state index in [1.165, 1.54) is 21.6 Å². The van der Waals surface area contributed by atoms with Crippen LogP contribution in [0.2, 0.25) is 0 Å². The topological polar surface area (TPSA) is 71.1 Å². The number of para-hydroxylation sites is 1. The average Bonchev–Trinajstić information content (AvgIpc) is 3.08. The Hall–Kier alpha value is -2.03. The molecule has 1 aliphatic rings. The number of anilines is 2. The standard InChI is InChI=1S/C24H29N3O2S3/c1-32(28,29)27-20-13-7-5-11-18(20)10-4-2-3-9-16-25-24-26-23-19-12-6-8-14-21(19)30-17-15-22(23)31-24/h5-8,11-14,27H,2-4,9-10,15-17H2,1H3,(H,25,26). The van der Waals surface area contributed by atoms with Gasteiger partial charge in [0.25, 0.3) is 0 Å². The number of aryl methyl sites for hydroxylation is 2. The molecule has 0 radical (unpaired) electrons. The molecule has 0 aliphatic carbocycles. The molecule has 0 saturated heterocycles. The number of hydrogen-bond donors (Lipinski definition) is 2. The number of sulfonamides is 1. The number of hydrogen-bond acceptors (Lipinski definition) is 6. The van der Waals surface area contributed by atoms with Crippen molar-refractivity contribution in [2.45, 2.75) is 43.4 Å². The Labute approximate surface area is 199 Å². The first-order chi connectivity index (χ1) is 15.5. The smallest absolute Gasteiger partial charge is 0.229 e. The van der Waals surface area contributed by atoms with Crippen LogP contribution in [0.3, 0.4) is 0 Å². The Morgan fingerprint density at radius 2 is 1.78 bits per heavy atom. The zero-order valence-electron chi connectivity index (χ0n) is 18.3. The lowest BCUT2D eigenvalue weighted by atomic mass is 10.0. The van der Waals surface area contributed by atoms with Gasteiger partial charge in [0.15, 0.2) is 5.13 Å². The highest BCUT2D eigenvalue weighted by molar-refractivity contribution is 7.99. The third-order valence-corrected chi connectivity index (χ3v) is 8.13. The maximum absolute atomic E-state index is 11.5. The molecule has 0 atom stereocenters. The molecule has 2 aromatic carbocycles. The maximum atomic E-state index is 11.5. The molecule has 1 aliphatic heterocycles. The van der Waals surface area contributed by atoms with Crippen molar-refractivity contribution in [3.05, 3.63) is 59.0 Å². The van der Waals surface area contributed by atoms with E-state index in [1.54, 1.807) is 11.3 Å². The van der Waals surface area contributed by atoms with Crippen LogP contribution >= 0.6 is 23.1 Å². The maximum Gasteiger partial charge on any atom is 0.229 e. The highest BCUT2D eigenvalue weighted by Gasteiger charge is 2.19. The fraction of sp³-hybridized carbons (Fsp3) is 0.375. The molecule has 0 spiro atoms. The number of unbranched alkanes of at least 4 members (excludes halogenated alkanes) is 3. The number of aromatic nitrogens is 1. The van der Waals surface area contributed by atoms with Crippen LogP contribution in [0.5, 0.6) is 0 Å². The van der Waals surface area contributed by atoms with E-state index in [4.69, 9.17) is 4.98 Å². The zero-order valence-corrected chi connectivity index (χ0v) is 20.7. The van der Waals surface area contributed by atoms with E-state index in [0.29, 0.717) is 5.69 Å². The summed E-state index contributed by atoms with van der Waals surface area (Å²) in [6.07, 6.45) is 7.54. The van der Waals surface area contributed by atoms with Gasteiger partial charge < -0.3 is 5.32 Å². The molecule has 0 amide bonds. The Kier molecular flexibility index (Phi) is 7.75. The van der Waals surface area contributed by atoms with Gasteiger partial charge in [0, 0.05) is 27.6 Å². The van der Waals surface area contributed by atoms with Gasteiger partial charge >= 0.3 is 0 Å². The Morgan fingerprint density at radius 3 is 2.66 bits per heavy atom. The third-order valence-electron chi connectivity index (χ3n) is 5.39. The summed E-state index contributed by atoms with van der Waals surface area (Å²) in [6.45, 7) is 0.926. The zero-order chi connectivity index (χ0) is 22.4. The van der Waals surface area contributed by atoms with Crippen LogP contribution in [0.15, 0.2) is 53.4 Å². The molecule has 1 aromatic heterocycles. The van der Waals surface area contributed by atoms with Crippen LogP contribution in [0.4, 0.5) is 10.8 Å². The van der Waals surface area contributed by atoms with Gasteiger partial charge in [0.05, 0.1) is 17.6 Å². The van der Waals surface area contributed by atoms with Crippen molar-refractivity contribution in [1.82, 2.24) is 4.98 Å². The molecule has 5 nitrogen and oxygen atoms in total. The van der Waals surface area contributed by atoms with Gasteiger partial charge in [-0.1, -0.05) is 49.2 Å². The molecule has 2 N–H and O–H groups in total. The molecule has 32 heavy (non-hydrogen) atoms. The van der Waals surface area contributed by atoms with Gasteiger partial charge in [-0.25, -0.2) is 13.4 Å². The molecule has 0 fully saturated rings. The summed E-state index contributed by atoms with van der Waals surface area (Å²) in [6, 6.07) is 16.2. The second-order valence-electron chi connectivity index (χ2n) is 8.01. The first kappa shape index (κ1) is 23.1. The Balaban J connectivity index is 1.21. The van der Waals surface area contributed by atoms with Crippen LogP contribution in [0.1, 0.15) is 36.1 Å². The van der Waals surface area contributed by atoms with Crippen LogP contribution in [-0.2, 0) is 22.9 Å². The third kappa shape index (κ3) is 6.27. The van der Waals surface area contributed by atoms with E-state index < -0.39 is 10.0 Å². The van der Waals surface area contributed by atoms with E-state index >= 15 is 0 Å². The first-order valence-corrected chi connectivity index (χ1v) is 14.7. The molecule has 0 saturated carbocycles. The van der Waals surface area contributed by atoms with Crippen molar-refractivity contribution in [3.8, 4) is 11.3 Å². The lowest BCUT2D eigenvalue weighted by Crippen LogP contribution is -2.11. The van der Waals surface area contributed by atoms with Crippen molar-refractivity contribution in [1.29, 1.82) is 0 Å². The number of nitrogens with zero attached hydrogens (tertiary/aromatic N) is 1. The highest BCUT2D eigenvalue weighted by atomic mass is 32.2. The van der Waals surface area contributed by atoms with Crippen molar-refractivity contribution in [2.75, 3.05) is 28.6 Å². The molecule has 4 rings (SSSR count). The minimum absolute atomic E-state index is 0.695. The van der Waals surface area contributed by atoms with Crippen LogP contribution in [0.25, 0.3) is 11.3 Å². The summed E-state index contributed by atoms with van der Waals surface area (Å²) in [5, 5.41) is 4.55. The minimum Gasteiger partial charge on any atom is -0.361 e. The minimum atomic E-state index is -3.25. The van der Waals surface area contributed by atoms with E-state index in [1.807, 2.05) is 36.0 Å². The SMILES string of the molecule is CS(=O)(=O)Nc1ccccc1CCCCCCNc1nc2c(s1)CCSc1ccccc1-2. The normalized spacial score (nSPS) is 13.2. The van der Waals surface area contributed by atoms with Gasteiger partial charge in [-0.3, -0.25) is 4.72 Å². The van der Waals surface area contributed by atoms with Crippen LogP contribution < -0.4 is 10.0 Å². The number of thiazole rings is 1. The predicted octanol–water partition coefficient (Wildman–Crippen LogP) is 6.04. The lowest BCUT2D eigenvalue weighted by Gasteiger charge is -2.10. The molecule has 170 valence electrons. The quantitative estimate of drug-likeness (QED) is 0.341. The van der Waals surface area contributed by atoms with Crippen LogP contribution in [0, 0.1) is 0 Å². The summed E-state index contributed by atoms with van der Waals surface area (Å²) in [4.78, 5) is 7.61. The Bertz CT molecular complexity index is 1160. The van der Waals surface area contributed by atoms with Crippen molar-refractivity contribution < 1.29 is 8.42 Å². The van der Waals surface area contributed by atoms with E-state index in [0.717, 1.165) is 67.2 Å². The van der Waals surface area contributed by atoms with Crippen molar-refractivity contribution >= 4 is 43.9 Å². The fourth-order valence-electron chi connectivity index (χ4n) is 3.88. The van der Waals surface area contributed by atoms with Crippen LogP contribution in [-0.4, -0.2) is 32.0 Å². The van der Waals surface area contributed by atoms with Gasteiger partial charge in [-0.05, 0) is 43.4 Å². The second-order valence-corrected chi connectivity index (χ2v) is 12.0. The monoisotopic (exact) mass is 487 g/mol. The molecule has 0 bridgehead atoms. The Morgan fingerprint density at radius 1 is 1.00 bits per heavy atom. The summed E-state index contributed by atoms with van der Waals surface area (Å²) < 4.78 is 25.7. The van der Waals surface area contributed by atoms with Gasteiger partial charge in [-0.2, -0.15) is 0 Å². The largest absolute Gasteiger partial charge is 0.361 e. The molecular weight excluding hydrogens is 458 g/mol. The molecule has 3 aromatic rings. The fourth-order valence-corrected chi connectivity index (χ4v) is 6.63. The second kappa shape index (κ2) is 10.7. The van der Waals surface area contributed by atoms with Gasteiger partial charge in [0.1, 0.15) is 0 Å². The van der Waals surface area contributed by atoms with Crippen molar-refractivity contribution in [2.24, 2.45) is 0 Å². The predicted molar refractivity (Wildman–Crippen MR) is 138 cm³/mol. The van der Waals surface area contributed by atoms with Crippen molar-refractivity contribution in [3.63, 3.8) is 0 Å². The first-order valence-electron chi connectivity index (χ1n) is 11.0. The summed E-state index contributed by atoms with van der Waals surface area (Å²) in [5.74, 6) is 1.11. The summed E-state index contributed by atoms with van der Waals surface area (Å²) in [7, 11) is -3.25. The van der Waals surface area contributed by atoms with Gasteiger partial charge in [-0.15, -0.1) is 23.1 Å². The number of rotatable bonds is 10. The van der Waals surface area contributed by atoms with E-state index in [9.17, 15) is 8.42 Å².